The highest BCUT2D eigenvalue weighted by molar-refractivity contribution is 6.07. The van der Waals surface area contributed by atoms with Gasteiger partial charge < -0.3 is 20.1 Å². The lowest BCUT2D eigenvalue weighted by Gasteiger charge is -2.18. The van der Waals surface area contributed by atoms with Gasteiger partial charge in [0.25, 0.3) is 11.8 Å². The monoisotopic (exact) mass is 440 g/mol. The van der Waals surface area contributed by atoms with Gasteiger partial charge in [-0.3, -0.25) is 9.59 Å². The van der Waals surface area contributed by atoms with E-state index in [0.29, 0.717) is 11.3 Å². The molecular weight excluding hydrogens is 418 g/mol. The molecule has 3 aromatic rings. The summed E-state index contributed by atoms with van der Waals surface area (Å²) in [6.07, 6.45) is 0. The Morgan fingerprint density at radius 2 is 1.25 bits per heavy atom. The summed E-state index contributed by atoms with van der Waals surface area (Å²) in [6.45, 7) is 4.02. The Kier molecular flexibility index (Phi) is 7.38. The van der Waals surface area contributed by atoms with Crippen LogP contribution in [0.5, 0.6) is 11.5 Å². The first-order valence-electron chi connectivity index (χ1n) is 10.00. The van der Waals surface area contributed by atoms with E-state index in [2.05, 4.69) is 10.6 Å². The summed E-state index contributed by atoms with van der Waals surface area (Å²) < 4.78 is 39.2. The zero-order valence-corrected chi connectivity index (χ0v) is 17.6. The van der Waals surface area contributed by atoms with Crippen molar-refractivity contribution in [3.05, 3.63) is 83.4 Å². The molecular formula is C24H22F2N2O4. The predicted octanol–water partition coefficient (Wildman–Crippen LogP) is 5.27. The van der Waals surface area contributed by atoms with Crippen molar-refractivity contribution in [2.45, 2.75) is 13.8 Å². The van der Waals surface area contributed by atoms with E-state index in [0.717, 1.165) is 12.1 Å². The number of rotatable bonds is 8. The first-order chi connectivity index (χ1) is 15.4. The van der Waals surface area contributed by atoms with Gasteiger partial charge in [0, 0.05) is 17.7 Å². The van der Waals surface area contributed by atoms with E-state index >= 15 is 0 Å². The van der Waals surface area contributed by atoms with E-state index in [1.165, 1.54) is 18.2 Å². The average molecular weight is 440 g/mol. The van der Waals surface area contributed by atoms with Gasteiger partial charge >= 0.3 is 0 Å². The molecule has 0 bridgehead atoms. The molecule has 0 spiro atoms. The minimum Gasteiger partial charge on any atom is -0.492 e. The molecule has 0 saturated carbocycles. The minimum atomic E-state index is -0.989. The third-order valence-corrected chi connectivity index (χ3v) is 4.40. The number of halogens is 2. The Hall–Kier alpha value is -3.94. The summed E-state index contributed by atoms with van der Waals surface area (Å²) in [5, 5.41) is 5.23. The lowest BCUT2D eigenvalue weighted by atomic mass is 10.1. The molecule has 2 amide bonds. The lowest BCUT2D eigenvalue weighted by molar-refractivity contribution is 0.101. The third-order valence-electron chi connectivity index (χ3n) is 4.40. The van der Waals surface area contributed by atoms with Gasteiger partial charge in [0.1, 0.15) is 28.7 Å². The maximum Gasteiger partial charge on any atom is 0.261 e. The van der Waals surface area contributed by atoms with Gasteiger partial charge in [-0.2, -0.15) is 0 Å². The molecule has 0 unspecified atom stereocenters. The van der Waals surface area contributed by atoms with Crippen molar-refractivity contribution in [1.82, 2.24) is 0 Å². The molecule has 0 fully saturated rings. The van der Waals surface area contributed by atoms with E-state index < -0.39 is 23.1 Å². The van der Waals surface area contributed by atoms with Crippen molar-refractivity contribution in [3.63, 3.8) is 0 Å². The van der Waals surface area contributed by atoms with Crippen LogP contribution in [0.2, 0.25) is 0 Å². The number of carbonyl (C=O) groups excluding carboxylic acids is 2. The van der Waals surface area contributed by atoms with Crippen LogP contribution in [-0.2, 0) is 0 Å². The molecule has 0 radical (unpaired) electrons. The van der Waals surface area contributed by atoms with Crippen LogP contribution in [0.4, 0.5) is 20.2 Å². The van der Waals surface area contributed by atoms with Crippen LogP contribution in [0.25, 0.3) is 0 Å². The fraction of sp³-hybridized carbons (Fsp3) is 0.167. The SMILES string of the molecule is CCOc1cc(NC(=O)c2c(F)cccc2F)c(OCC)cc1NC(=O)c1ccccc1. The Morgan fingerprint density at radius 3 is 1.75 bits per heavy atom. The Bertz CT molecular complexity index is 1100. The van der Waals surface area contributed by atoms with Crippen LogP contribution in [0, 0.1) is 11.6 Å². The topological polar surface area (TPSA) is 76.7 Å². The second kappa shape index (κ2) is 10.4. The van der Waals surface area contributed by atoms with Crippen LogP contribution >= 0.6 is 0 Å². The van der Waals surface area contributed by atoms with Crippen molar-refractivity contribution >= 4 is 23.2 Å². The fourth-order valence-electron chi connectivity index (χ4n) is 2.99. The molecule has 0 aliphatic rings. The molecule has 0 aliphatic heterocycles. The molecule has 0 aromatic heterocycles. The molecule has 8 heteroatoms. The number of amides is 2. The number of anilines is 2. The van der Waals surface area contributed by atoms with Crippen LogP contribution in [0.1, 0.15) is 34.6 Å². The molecule has 0 atom stereocenters. The number of carbonyl (C=O) groups is 2. The van der Waals surface area contributed by atoms with Gasteiger partial charge in [0.2, 0.25) is 0 Å². The molecule has 3 rings (SSSR count). The summed E-state index contributed by atoms with van der Waals surface area (Å²) in [6, 6.07) is 14.7. The van der Waals surface area contributed by atoms with Crippen molar-refractivity contribution in [3.8, 4) is 11.5 Å². The van der Waals surface area contributed by atoms with Crippen molar-refractivity contribution < 1.29 is 27.8 Å². The van der Waals surface area contributed by atoms with Gasteiger partial charge in [-0.15, -0.1) is 0 Å². The lowest BCUT2D eigenvalue weighted by Crippen LogP contribution is -2.17. The van der Waals surface area contributed by atoms with Crippen molar-refractivity contribution in [1.29, 1.82) is 0 Å². The number of hydrogen-bond acceptors (Lipinski definition) is 4. The summed E-state index contributed by atoms with van der Waals surface area (Å²) in [5.74, 6) is -2.87. The maximum absolute atomic E-state index is 14.0. The number of benzene rings is 3. The zero-order chi connectivity index (χ0) is 23.1. The van der Waals surface area contributed by atoms with Crippen molar-refractivity contribution in [2.75, 3.05) is 23.8 Å². The second-order valence-electron chi connectivity index (χ2n) is 6.58. The van der Waals surface area contributed by atoms with Gasteiger partial charge in [-0.25, -0.2) is 8.78 Å². The molecule has 32 heavy (non-hydrogen) atoms. The molecule has 2 N–H and O–H groups in total. The highest BCUT2D eigenvalue weighted by atomic mass is 19.1. The van der Waals surface area contributed by atoms with E-state index in [-0.39, 0.29) is 36.3 Å². The highest BCUT2D eigenvalue weighted by Crippen LogP contribution is 2.37. The highest BCUT2D eigenvalue weighted by Gasteiger charge is 2.21. The van der Waals surface area contributed by atoms with E-state index in [1.54, 1.807) is 44.2 Å². The van der Waals surface area contributed by atoms with E-state index in [1.807, 2.05) is 0 Å². The van der Waals surface area contributed by atoms with Gasteiger partial charge in [-0.05, 0) is 38.1 Å². The number of hydrogen-bond donors (Lipinski definition) is 2. The molecule has 0 aliphatic carbocycles. The van der Waals surface area contributed by atoms with Gasteiger partial charge in [0.15, 0.2) is 0 Å². The number of ether oxygens (including phenoxy) is 2. The number of nitrogens with one attached hydrogen (secondary N) is 2. The smallest absolute Gasteiger partial charge is 0.261 e. The maximum atomic E-state index is 14.0. The second-order valence-corrected chi connectivity index (χ2v) is 6.58. The molecule has 0 saturated heterocycles. The van der Waals surface area contributed by atoms with Gasteiger partial charge in [-0.1, -0.05) is 24.3 Å². The molecule has 6 nitrogen and oxygen atoms in total. The minimum absolute atomic E-state index is 0.140. The van der Waals surface area contributed by atoms with E-state index in [9.17, 15) is 18.4 Å². The Morgan fingerprint density at radius 1 is 0.750 bits per heavy atom. The zero-order valence-electron chi connectivity index (χ0n) is 17.6. The van der Waals surface area contributed by atoms with Crippen LogP contribution in [0.3, 0.4) is 0 Å². The van der Waals surface area contributed by atoms with Crippen LogP contribution in [0.15, 0.2) is 60.7 Å². The summed E-state index contributed by atoms with van der Waals surface area (Å²) >= 11 is 0. The standard InChI is InChI=1S/C24H22F2N2O4/c1-3-31-20-14-19(28-24(30)22-16(25)11-8-12-17(22)26)21(32-4-2)13-18(20)27-23(29)15-9-6-5-7-10-15/h5-14H,3-4H2,1-2H3,(H,27,29)(H,28,30). The Balaban J connectivity index is 1.96. The Labute approximate surface area is 184 Å². The molecule has 0 heterocycles. The fourth-order valence-corrected chi connectivity index (χ4v) is 2.99. The van der Waals surface area contributed by atoms with Gasteiger partial charge in [0.05, 0.1) is 24.6 Å². The summed E-state index contributed by atoms with van der Waals surface area (Å²) in [5.41, 5.74) is 0.189. The van der Waals surface area contributed by atoms with Crippen LogP contribution in [-0.4, -0.2) is 25.0 Å². The quantitative estimate of drug-likeness (QED) is 0.501. The first-order valence-corrected chi connectivity index (χ1v) is 10.00. The average Bonchev–Trinajstić information content (AvgIpc) is 2.77. The largest absolute Gasteiger partial charge is 0.492 e. The molecule has 3 aromatic carbocycles. The normalized spacial score (nSPS) is 10.4. The summed E-state index contributed by atoms with van der Waals surface area (Å²) in [4.78, 5) is 25.2. The first kappa shape index (κ1) is 22.7. The molecule has 166 valence electrons. The van der Waals surface area contributed by atoms with E-state index in [4.69, 9.17) is 9.47 Å². The van der Waals surface area contributed by atoms with Crippen molar-refractivity contribution in [2.24, 2.45) is 0 Å². The summed E-state index contributed by atoms with van der Waals surface area (Å²) in [7, 11) is 0. The predicted molar refractivity (Wildman–Crippen MR) is 117 cm³/mol. The third kappa shape index (κ3) is 5.21. The van der Waals surface area contributed by atoms with Crippen LogP contribution < -0.4 is 20.1 Å².